The summed E-state index contributed by atoms with van der Waals surface area (Å²) in [6.45, 7) is 6.14. The molecule has 1 aromatic heterocycles. The van der Waals surface area contributed by atoms with Crippen LogP contribution in [-0.2, 0) is 24.7 Å². The number of hydrogen-bond donors (Lipinski definition) is 1. The number of nitrogens with zero attached hydrogens (tertiary/aromatic N) is 2. The maximum Gasteiger partial charge on any atom is 0.140 e. The van der Waals surface area contributed by atoms with E-state index in [1.807, 2.05) is 27.0 Å². The average Bonchev–Trinajstić information content (AvgIpc) is 2.59. The Bertz CT molecular complexity index is 382. The van der Waals surface area contributed by atoms with Crippen LogP contribution in [0.2, 0.25) is 0 Å². The quantitative estimate of drug-likeness (QED) is 0.815. The van der Waals surface area contributed by atoms with Gasteiger partial charge in [-0.15, -0.1) is 0 Å². The van der Waals surface area contributed by atoms with Gasteiger partial charge >= 0.3 is 0 Å². The fourth-order valence-corrected chi connectivity index (χ4v) is 1.68. The lowest BCUT2D eigenvalue weighted by Crippen LogP contribution is -2.30. The van der Waals surface area contributed by atoms with Gasteiger partial charge in [-0.25, -0.2) is 0 Å². The summed E-state index contributed by atoms with van der Waals surface area (Å²) in [6.07, 6.45) is 1.78. The maximum atomic E-state index is 11.9. The molecule has 0 aliphatic rings. The molecule has 0 fully saturated rings. The molecule has 0 saturated heterocycles. The van der Waals surface area contributed by atoms with Gasteiger partial charge in [-0.1, -0.05) is 20.8 Å². The summed E-state index contributed by atoms with van der Waals surface area (Å²) in [5.41, 5.74) is 7.90. The van der Waals surface area contributed by atoms with E-state index in [1.165, 1.54) is 0 Å². The molecule has 0 spiro atoms. The van der Waals surface area contributed by atoms with Crippen LogP contribution < -0.4 is 5.73 Å². The SMILES string of the molecule is CCc1cc(CC(=O)CC(N)C(C)C)n(C)n1. The molecule has 1 atom stereocenters. The van der Waals surface area contributed by atoms with Crippen molar-refractivity contribution in [2.45, 2.75) is 46.1 Å². The molecule has 2 N–H and O–H groups in total. The molecule has 4 nitrogen and oxygen atoms in total. The van der Waals surface area contributed by atoms with Gasteiger partial charge in [0.05, 0.1) is 5.69 Å². The summed E-state index contributed by atoms with van der Waals surface area (Å²) >= 11 is 0. The van der Waals surface area contributed by atoms with Crippen LogP contribution >= 0.6 is 0 Å². The normalized spacial score (nSPS) is 13.1. The van der Waals surface area contributed by atoms with Crippen LogP contribution in [0.4, 0.5) is 0 Å². The first-order valence-corrected chi connectivity index (χ1v) is 6.23. The fourth-order valence-electron chi connectivity index (χ4n) is 1.68. The van der Waals surface area contributed by atoms with Crippen LogP contribution in [0.1, 0.15) is 38.6 Å². The largest absolute Gasteiger partial charge is 0.327 e. The first-order chi connectivity index (χ1) is 7.93. The van der Waals surface area contributed by atoms with Gasteiger partial charge in [0, 0.05) is 31.6 Å². The van der Waals surface area contributed by atoms with E-state index in [0.717, 1.165) is 17.8 Å². The van der Waals surface area contributed by atoms with E-state index in [0.29, 0.717) is 18.8 Å². The fraction of sp³-hybridized carbons (Fsp3) is 0.692. The third kappa shape index (κ3) is 3.97. The molecule has 0 aliphatic heterocycles. The summed E-state index contributed by atoms with van der Waals surface area (Å²) < 4.78 is 1.79. The van der Waals surface area contributed by atoms with Crippen LogP contribution in [0.5, 0.6) is 0 Å². The van der Waals surface area contributed by atoms with Gasteiger partial charge in [-0.3, -0.25) is 9.48 Å². The first kappa shape index (κ1) is 13.9. The van der Waals surface area contributed by atoms with Gasteiger partial charge in [0.25, 0.3) is 0 Å². The van der Waals surface area contributed by atoms with Crippen molar-refractivity contribution in [3.05, 3.63) is 17.5 Å². The number of nitrogens with two attached hydrogens (primary N) is 1. The van der Waals surface area contributed by atoms with Crippen LogP contribution in [-0.4, -0.2) is 21.6 Å². The number of carbonyl (C=O) groups is 1. The summed E-state index contributed by atoms with van der Waals surface area (Å²) in [6, 6.07) is 1.96. The van der Waals surface area contributed by atoms with E-state index in [4.69, 9.17) is 5.73 Å². The topological polar surface area (TPSA) is 60.9 Å². The lowest BCUT2D eigenvalue weighted by Gasteiger charge is -2.14. The summed E-state index contributed by atoms with van der Waals surface area (Å²) in [5.74, 6) is 0.536. The third-order valence-corrected chi connectivity index (χ3v) is 3.09. The van der Waals surface area contributed by atoms with Crippen molar-refractivity contribution < 1.29 is 4.79 Å². The van der Waals surface area contributed by atoms with Crippen molar-refractivity contribution in [1.29, 1.82) is 0 Å². The van der Waals surface area contributed by atoms with Gasteiger partial charge < -0.3 is 5.73 Å². The Morgan fingerprint density at radius 1 is 1.53 bits per heavy atom. The molecule has 0 aliphatic carbocycles. The minimum Gasteiger partial charge on any atom is -0.327 e. The third-order valence-electron chi connectivity index (χ3n) is 3.09. The molecule has 0 bridgehead atoms. The average molecular weight is 237 g/mol. The highest BCUT2D eigenvalue weighted by molar-refractivity contribution is 5.81. The van der Waals surface area contributed by atoms with Crippen LogP contribution in [0, 0.1) is 5.92 Å². The van der Waals surface area contributed by atoms with E-state index < -0.39 is 0 Å². The van der Waals surface area contributed by atoms with Crippen molar-refractivity contribution in [2.75, 3.05) is 0 Å². The Morgan fingerprint density at radius 2 is 2.18 bits per heavy atom. The number of hydrogen-bond acceptors (Lipinski definition) is 3. The smallest absolute Gasteiger partial charge is 0.140 e. The molecule has 0 saturated carbocycles. The predicted molar refractivity (Wildman–Crippen MR) is 68.7 cm³/mol. The highest BCUT2D eigenvalue weighted by Gasteiger charge is 2.15. The molecule has 0 aromatic carbocycles. The molecule has 4 heteroatoms. The van der Waals surface area contributed by atoms with Gasteiger partial charge in [0.15, 0.2) is 0 Å². The molecule has 0 amide bonds. The lowest BCUT2D eigenvalue weighted by atomic mass is 9.98. The van der Waals surface area contributed by atoms with Crippen molar-refractivity contribution in [2.24, 2.45) is 18.7 Å². The molecule has 1 heterocycles. The van der Waals surface area contributed by atoms with Crippen molar-refractivity contribution in [3.8, 4) is 0 Å². The maximum absolute atomic E-state index is 11.9. The first-order valence-electron chi connectivity index (χ1n) is 6.23. The van der Waals surface area contributed by atoms with Crippen LogP contribution in [0.25, 0.3) is 0 Å². The molecule has 17 heavy (non-hydrogen) atoms. The zero-order chi connectivity index (χ0) is 13.0. The van der Waals surface area contributed by atoms with Crippen molar-refractivity contribution in [3.63, 3.8) is 0 Å². The zero-order valence-corrected chi connectivity index (χ0v) is 11.2. The summed E-state index contributed by atoms with van der Waals surface area (Å²) in [4.78, 5) is 11.9. The molecular formula is C13H23N3O. The number of Topliss-reactive ketones (excluding diaryl/α,β-unsaturated/α-hetero) is 1. The number of ketones is 1. The Labute approximate surface area is 103 Å². The van der Waals surface area contributed by atoms with Crippen LogP contribution in [0.3, 0.4) is 0 Å². The monoisotopic (exact) mass is 237 g/mol. The lowest BCUT2D eigenvalue weighted by molar-refractivity contribution is -0.119. The summed E-state index contributed by atoms with van der Waals surface area (Å²) in [7, 11) is 1.88. The molecule has 1 unspecified atom stereocenters. The van der Waals surface area contributed by atoms with Gasteiger partial charge in [0.2, 0.25) is 0 Å². The highest BCUT2D eigenvalue weighted by atomic mass is 16.1. The Hall–Kier alpha value is -1.16. The van der Waals surface area contributed by atoms with Gasteiger partial charge in [0.1, 0.15) is 5.78 Å². The second kappa shape index (κ2) is 5.96. The van der Waals surface area contributed by atoms with E-state index in [-0.39, 0.29) is 11.8 Å². The number of carbonyl (C=O) groups excluding carboxylic acids is 1. The van der Waals surface area contributed by atoms with E-state index in [2.05, 4.69) is 12.0 Å². The second-order valence-electron chi connectivity index (χ2n) is 4.93. The summed E-state index contributed by atoms with van der Waals surface area (Å²) in [5, 5.41) is 4.33. The zero-order valence-electron chi connectivity index (χ0n) is 11.2. The van der Waals surface area contributed by atoms with Gasteiger partial charge in [-0.05, 0) is 18.4 Å². The number of rotatable bonds is 6. The van der Waals surface area contributed by atoms with Crippen molar-refractivity contribution >= 4 is 5.78 Å². The highest BCUT2D eigenvalue weighted by Crippen LogP contribution is 2.09. The number of aromatic nitrogens is 2. The molecule has 1 aromatic rings. The minimum atomic E-state index is -0.0404. The predicted octanol–water partition coefficient (Wildman–Crippen LogP) is 1.47. The second-order valence-corrected chi connectivity index (χ2v) is 4.93. The van der Waals surface area contributed by atoms with E-state index in [1.54, 1.807) is 4.68 Å². The Kier molecular flexibility index (Phi) is 4.87. The van der Waals surface area contributed by atoms with Crippen LogP contribution in [0.15, 0.2) is 6.07 Å². The minimum absolute atomic E-state index is 0.0404. The Balaban J connectivity index is 2.58. The number of aryl methyl sites for hydroxylation is 2. The standard InChI is InChI=1S/C13H23N3O/c1-5-10-6-11(16(4)15-10)7-12(17)8-13(14)9(2)3/h6,9,13H,5,7-8,14H2,1-4H3. The van der Waals surface area contributed by atoms with Crippen molar-refractivity contribution in [1.82, 2.24) is 9.78 Å². The van der Waals surface area contributed by atoms with E-state index >= 15 is 0 Å². The molecule has 0 radical (unpaired) electrons. The molecule has 96 valence electrons. The molecule has 1 rings (SSSR count). The van der Waals surface area contributed by atoms with E-state index in [9.17, 15) is 4.79 Å². The van der Waals surface area contributed by atoms with Gasteiger partial charge in [-0.2, -0.15) is 5.10 Å². The molecular weight excluding hydrogens is 214 g/mol. The Morgan fingerprint density at radius 3 is 2.65 bits per heavy atom.